The van der Waals surface area contributed by atoms with E-state index in [4.69, 9.17) is 23.2 Å². The summed E-state index contributed by atoms with van der Waals surface area (Å²) >= 11 is 12.1. The minimum Gasteiger partial charge on any atom is -0.313 e. The maximum Gasteiger partial charge on any atom is 0.0544 e. The minimum absolute atomic E-state index is 0.152. The van der Waals surface area contributed by atoms with E-state index in [-0.39, 0.29) is 6.04 Å². The molecule has 94 valence electrons. The average Bonchev–Trinajstić information content (AvgIpc) is 2.39. The number of nitrogens with zero attached hydrogens (tertiary/aromatic N) is 2. The minimum atomic E-state index is 0.152. The fourth-order valence-electron chi connectivity index (χ4n) is 1.80. The van der Waals surface area contributed by atoms with Crippen molar-refractivity contribution in [1.29, 1.82) is 0 Å². The summed E-state index contributed by atoms with van der Waals surface area (Å²) in [5.74, 6) is 0. The molecule has 1 heterocycles. The summed E-state index contributed by atoms with van der Waals surface area (Å²) in [4.78, 5) is 0. The van der Waals surface area contributed by atoms with E-state index in [0.29, 0.717) is 10.0 Å². The van der Waals surface area contributed by atoms with Gasteiger partial charge in [0.2, 0.25) is 0 Å². The van der Waals surface area contributed by atoms with Crippen molar-refractivity contribution in [3.63, 3.8) is 0 Å². The largest absolute Gasteiger partial charge is 0.313 e. The summed E-state index contributed by atoms with van der Waals surface area (Å²) in [6, 6.07) is 7.65. The summed E-state index contributed by atoms with van der Waals surface area (Å²) in [6.07, 6.45) is 4.21. The third-order valence-electron chi connectivity index (χ3n) is 2.80. The fraction of sp³-hybridized carbons (Fsp3) is 0.231. The van der Waals surface area contributed by atoms with E-state index in [2.05, 4.69) is 15.5 Å². The Balaban J connectivity index is 2.21. The van der Waals surface area contributed by atoms with Crippen LogP contribution in [0.25, 0.3) is 0 Å². The van der Waals surface area contributed by atoms with Crippen molar-refractivity contribution < 1.29 is 0 Å². The van der Waals surface area contributed by atoms with Gasteiger partial charge in [0.1, 0.15) is 0 Å². The molecule has 18 heavy (non-hydrogen) atoms. The third-order valence-corrected chi connectivity index (χ3v) is 3.38. The fourth-order valence-corrected chi connectivity index (χ4v) is 2.29. The zero-order valence-corrected chi connectivity index (χ0v) is 11.4. The van der Waals surface area contributed by atoms with Crippen LogP contribution in [0, 0.1) is 0 Å². The maximum atomic E-state index is 6.18. The van der Waals surface area contributed by atoms with Gasteiger partial charge in [0.15, 0.2) is 0 Å². The Labute approximate surface area is 116 Å². The molecule has 1 N–H and O–H groups in total. The highest BCUT2D eigenvalue weighted by Crippen LogP contribution is 2.25. The van der Waals surface area contributed by atoms with E-state index < -0.39 is 0 Å². The Morgan fingerprint density at radius 1 is 1.22 bits per heavy atom. The van der Waals surface area contributed by atoms with Gasteiger partial charge >= 0.3 is 0 Å². The molecule has 1 atom stereocenters. The highest BCUT2D eigenvalue weighted by atomic mass is 35.5. The summed E-state index contributed by atoms with van der Waals surface area (Å²) in [5, 5.41) is 12.2. The van der Waals surface area contributed by atoms with Crippen molar-refractivity contribution in [3.8, 4) is 0 Å². The number of rotatable bonds is 4. The number of hydrogen-bond acceptors (Lipinski definition) is 3. The first-order valence-corrected chi connectivity index (χ1v) is 6.34. The molecule has 2 aromatic rings. The first kappa shape index (κ1) is 13.3. The van der Waals surface area contributed by atoms with Crippen LogP contribution in [-0.4, -0.2) is 17.2 Å². The average molecular weight is 282 g/mol. The van der Waals surface area contributed by atoms with Crippen LogP contribution in [0.3, 0.4) is 0 Å². The van der Waals surface area contributed by atoms with Crippen molar-refractivity contribution in [2.75, 3.05) is 7.05 Å². The van der Waals surface area contributed by atoms with Crippen molar-refractivity contribution in [1.82, 2.24) is 15.5 Å². The van der Waals surface area contributed by atoms with Crippen LogP contribution < -0.4 is 5.32 Å². The third kappa shape index (κ3) is 3.19. The number of likely N-dealkylation sites (N-methyl/N-ethyl adjacent to an activating group) is 1. The summed E-state index contributed by atoms with van der Waals surface area (Å²) in [5.41, 5.74) is 2.13. The Bertz CT molecular complexity index is 517. The molecule has 1 unspecified atom stereocenters. The molecular formula is C13H13Cl2N3. The first-order valence-electron chi connectivity index (χ1n) is 5.58. The lowest BCUT2D eigenvalue weighted by molar-refractivity contribution is 0.588. The number of aromatic nitrogens is 2. The summed E-state index contributed by atoms with van der Waals surface area (Å²) < 4.78 is 0. The van der Waals surface area contributed by atoms with Crippen LogP contribution in [-0.2, 0) is 6.42 Å². The predicted molar refractivity (Wildman–Crippen MR) is 74.0 cm³/mol. The first-order chi connectivity index (χ1) is 8.70. The number of hydrogen-bond donors (Lipinski definition) is 1. The van der Waals surface area contributed by atoms with Gasteiger partial charge in [-0.05, 0) is 42.8 Å². The van der Waals surface area contributed by atoms with Crippen molar-refractivity contribution in [3.05, 3.63) is 57.8 Å². The Morgan fingerprint density at radius 3 is 2.67 bits per heavy atom. The maximum absolute atomic E-state index is 6.18. The molecule has 0 bridgehead atoms. The lowest BCUT2D eigenvalue weighted by Crippen LogP contribution is -2.19. The molecule has 1 aromatic carbocycles. The zero-order chi connectivity index (χ0) is 13.0. The van der Waals surface area contributed by atoms with Crippen LogP contribution in [0.15, 0.2) is 36.7 Å². The lowest BCUT2D eigenvalue weighted by atomic mass is 10.0. The van der Waals surface area contributed by atoms with Gasteiger partial charge in [-0.3, -0.25) is 0 Å². The van der Waals surface area contributed by atoms with Crippen LogP contribution in [0.4, 0.5) is 0 Å². The summed E-state index contributed by atoms with van der Waals surface area (Å²) in [7, 11) is 1.91. The van der Waals surface area contributed by atoms with Crippen molar-refractivity contribution in [2.24, 2.45) is 0 Å². The van der Waals surface area contributed by atoms with Gasteiger partial charge in [-0.1, -0.05) is 29.3 Å². The second-order valence-corrected chi connectivity index (χ2v) is 4.80. The highest BCUT2D eigenvalue weighted by Gasteiger charge is 2.12. The lowest BCUT2D eigenvalue weighted by Gasteiger charge is -2.16. The van der Waals surface area contributed by atoms with E-state index in [9.17, 15) is 0 Å². The van der Waals surface area contributed by atoms with Crippen LogP contribution in [0.5, 0.6) is 0 Å². The van der Waals surface area contributed by atoms with Crippen LogP contribution >= 0.6 is 23.2 Å². The molecule has 3 nitrogen and oxygen atoms in total. The molecule has 0 fully saturated rings. The second kappa shape index (κ2) is 6.14. The Hall–Kier alpha value is -1.16. The topological polar surface area (TPSA) is 37.8 Å². The number of nitrogens with one attached hydrogen (secondary N) is 1. The van der Waals surface area contributed by atoms with E-state index in [1.165, 1.54) is 0 Å². The summed E-state index contributed by atoms with van der Waals surface area (Å²) in [6.45, 7) is 0. The normalized spacial score (nSPS) is 12.4. The number of halogens is 2. The Morgan fingerprint density at radius 2 is 2.06 bits per heavy atom. The van der Waals surface area contributed by atoms with Gasteiger partial charge in [-0.25, -0.2) is 0 Å². The van der Waals surface area contributed by atoms with E-state index in [1.807, 2.05) is 25.2 Å². The van der Waals surface area contributed by atoms with Crippen LogP contribution in [0.1, 0.15) is 17.2 Å². The molecule has 0 saturated heterocycles. The monoisotopic (exact) mass is 281 g/mol. The standard InChI is InChI=1S/C13H13Cl2N3/c1-16-13(10-4-5-17-18-8-10)6-9-2-3-11(14)7-12(9)15/h2-5,7-8,13,16H,6H2,1H3. The molecule has 0 amide bonds. The Kier molecular flexibility index (Phi) is 4.53. The van der Waals surface area contributed by atoms with Gasteiger partial charge < -0.3 is 5.32 Å². The van der Waals surface area contributed by atoms with Gasteiger partial charge in [-0.15, -0.1) is 0 Å². The van der Waals surface area contributed by atoms with Gasteiger partial charge in [0.25, 0.3) is 0 Å². The molecule has 2 rings (SSSR count). The molecule has 0 spiro atoms. The van der Waals surface area contributed by atoms with E-state index in [0.717, 1.165) is 17.5 Å². The van der Waals surface area contributed by atoms with E-state index in [1.54, 1.807) is 18.5 Å². The molecule has 0 aliphatic rings. The molecule has 1 aromatic heterocycles. The predicted octanol–water partition coefficient (Wildman–Crippen LogP) is 3.29. The molecule has 0 radical (unpaired) electrons. The quantitative estimate of drug-likeness (QED) is 0.935. The molecule has 0 saturated carbocycles. The number of benzene rings is 1. The van der Waals surface area contributed by atoms with Gasteiger partial charge in [0, 0.05) is 22.3 Å². The molecule has 0 aliphatic heterocycles. The van der Waals surface area contributed by atoms with Gasteiger partial charge in [-0.2, -0.15) is 10.2 Å². The zero-order valence-electron chi connectivity index (χ0n) is 9.90. The van der Waals surface area contributed by atoms with Crippen molar-refractivity contribution in [2.45, 2.75) is 12.5 Å². The molecule has 0 aliphatic carbocycles. The van der Waals surface area contributed by atoms with Gasteiger partial charge in [0.05, 0.1) is 6.20 Å². The van der Waals surface area contributed by atoms with Crippen LogP contribution in [0.2, 0.25) is 10.0 Å². The molecular weight excluding hydrogens is 269 g/mol. The smallest absolute Gasteiger partial charge is 0.0544 e. The second-order valence-electron chi connectivity index (χ2n) is 3.96. The highest BCUT2D eigenvalue weighted by molar-refractivity contribution is 6.35. The van der Waals surface area contributed by atoms with E-state index >= 15 is 0 Å². The molecule has 5 heteroatoms. The van der Waals surface area contributed by atoms with Crippen molar-refractivity contribution >= 4 is 23.2 Å². The SMILES string of the molecule is CNC(Cc1ccc(Cl)cc1Cl)c1ccnnc1.